The molecule has 0 amide bonds. The number of benzene rings is 1. The van der Waals surface area contributed by atoms with Crippen LogP contribution in [0.5, 0.6) is 0 Å². The summed E-state index contributed by atoms with van der Waals surface area (Å²) in [7, 11) is 0. The van der Waals surface area contributed by atoms with Crippen LogP contribution in [0, 0.1) is 11.2 Å². The molecular weight excluding hydrogens is 235 g/mol. The van der Waals surface area contributed by atoms with Crippen molar-refractivity contribution in [3.63, 3.8) is 0 Å². The average Bonchev–Trinajstić information content (AvgIpc) is 2.24. The Balaban J connectivity index is 2.56. The van der Waals surface area contributed by atoms with E-state index in [1.165, 1.54) is 12.1 Å². The number of halogens is 1. The molecule has 0 saturated carbocycles. The molecule has 1 rings (SSSR count). The third-order valence-electron chi connectivity index (χ3n) is 2.55. The molecule has 0 fully saturated rings. The third-order valence-corrected chi connectivity index (χ3v) is 2.55. The monoisotopic (exact) mass is 254 g/mol. The van der Waals surface area contributed by atoms with Gasteiger partial charge < -0.3 is 9.84 Å². The third kappa shape index (κ3) is 4.84. The number of hydrogen-bond acceptors (Lipinski definition) is 2. The Morgan fingerprint density at radius 3 is 2.61 bits per heavy atom. The summed E-state index contributed by atoms with van der Waals surface area (Å²) in [6.07, 6.45) is 0.868. The van der Waals surface area contributed by atoms with E-state index in [0.29, 0.717) is 6.61 Å². The van der Waals surface area contributed by atoms with Crippen molar-refractivity contribution in [2.75, 3.05) is 6.61 Å². The first kappa shape index (κ1) is 14.6. The largest absolute Gasteiger partial charge is 0.478 e. The number of carbonyl (C=O) groups is 1. The number of carboxylic acids is 1. The standard InChI is InChI=1S/C14H19FO3/c1-14(2,3)6-7-18-9-11-8-10(13(16)17)4-5-12(11)15/h4-5,8H,6-7,9H2,1-3H3,(H,16,17). The van der Waals surface area contributed by atoms with Crippen molar-refractivity contribution < 1.29 is 19.0 Å². The van der Waals surface area contributed by atoms with Crippen molar-refractivity contribution >= 4 is 5.97 Å². The van der Waals surface area contributed by atoms with E-state index in [1.54, 1.807) is 0 Å². The van der Waals surface area contributed by atoms with E-state index in [2.05, 4.69) is 20.8 Å². The Hall–Kier alpha value is -1.42. The molecule has 3 nitrogen and oxygen atoms in total. The zero-order valence-electron chi connectivity index (χ0n) is 11.0. The van der Waals surface area contributed by atoms with Gasteiger partial charge >= 0.3 is 5.97 Å². The average molecular weight is 254 g/mol. The summed E-state index contributed by atoms with van der Waals surface area (Å²) in [5.74, 6) is -1.50. The minimum absolute atomic E-state index is 0.0748. The van der Waals surface area contributed by atoms with Crippen molar-refractivity contribution in [3.8, 4) is 0 Å². The van der Waals surface area contributed by atoms with Crippen LogP contribution in [0.1, 0.15) is 43.1 Å². The van der Waals surface area contributed by atoms with E-state index in [4.69, 9.17) is 9.84 Å². The second-order valence-electron chi connectivity index (χ2n) is 5.47. The van der Waals surface area contributed by atoms with Crippen LogP contribution in [-0.4, -0.2) is 17.7 Å². The van der Waals surface area contributed by atoms with Gasteiger partial charge in [-0.15, -0.1) is 0 Å². The second kappa shape index (κ2) is 5.96. The molecule has 100 valence electrons. The maximum atomic E-state index is 13.4. The van der Waals surface area contributed by atoms with E-state index in [1.807, 2.05) is 0 Å². The fourth-order valence-corrected chi connectivity index (χ4v) is 1.38. The molecule has 0 radical (unpaired) electrons. The molecule has 0 unspecified atom stereocenters. The van der Waals surface area contributed by atoms with Gasteiger partial charge in [-0.05, 0) is 30.0 Å². The zero-order valence-corrected chi connectivity index (χ0v) is 11.0. The quantitative estimate of drug-likeness (QED) is 0.818. The molecule has 0 heterocycles. The Morgan fingerprint density at radius 1 is 1.39 bits per heavy atom. The minimum atomic E-state index is -1.06. The highest BCUT2D eigenvalue weighted by Crippen LogP contribution is 2.19. The highest BCUT2D eigenvalue weighted by Gasteiger charge is 2.11. The van der Waals surface area contributed by atoms with E-state index < -0.39 is 11.8 Å². The van der Waals surface area contributed by atoms with Crippen LogP contribution in [-0.2, 0) is 11.3 Å². The Kier molecular flexibility index (Phi) is 4.84. The lowest BCUT2D eigenvalue weighted by Crippen LogP contribution is -2.10. The van der Waals surface area contributed by atoms with Crippen molar-refractivity contribution in [1.29, 1.82) is 0 Å². The zero-order chi connectivity index (χ0) is 13.8. The highest BCUT2D eigenvalue weighted by atomic mass is 19.1. The first-order valence-electron chi connectivity index (χ1n) is 5.89. The molecule has 1 aromatic carbocycles. The lowest BCUT2D eigenvalue weighted by atomic mass is 9.93. The summed E-state index contributed by atoms with van der Waals surface area (Å²) in [5.41, 5.74) is 0.524. The van der Waals surface area contributed by atoms with Crippen LogP contribution < -0.4 is 0 Å². The molecule has 0 bridgehead atoms. The van der Waals surface area contributed by atoms with Gasteiger partial charge in [0.2, 0.25) is 0 Å². The fraction of sp³-hybridized carbons (Fsp3) is 0.500. The molecule has 0 aliphatic rings. The van der Waals surface area contributed by atoms with Gasteiger partial charge in [-0.3, -0.25) is 0 Å². The second-order valence-corrected chi connectivity index (χ2v) is 5.47. The van der Waals surface area contributed by atoms with E-state index in [9.17, 15) is 9.18 Å². The van der Waals surface area contributed by atoms with Crippen molar-refractivity contribution in [2.45, 2.75) is 33.8 Å². The molecule has 1 aromatic rings. The smallest absolute Gasteiger partial charge is 0.335 e. The molecule has 0 aliphatic carbocycles. The summed E-state index contributed by atoms with van der Waals surface area (Å²) in [5, 5.41) is 8.82. The van der Waals surface area contributed by atoms with E-state index in [0.717, 1.165) is 12.5 Å². The SMILES string of the molecule is CC(C)(C)CCOCc1cc(C(=O)O)ccc1F. The molecule has 18 heavy (non-hydrogen) atoms. The Bertz CT molecular complexity index is 422. The van der Waals surface area contributed by atoms with Crippen LogP contribution in [0.15, 0.2) is 18.2 Å². The van der Waals surface area contributed by atoms with Crippen LogP contribution in [0.25, 0.3) is 0 Å². The van der Waals surface area contributed by atoms with Crippen molar-refractivity contribution in [1.82, 2.24) is 0 Å². The van der Waals surface area contributed by atoms with Gasteiger partial charge in [-0.25, -0.2) is 9.18 Å². The van der Waals surface area contributed by atoms with Crippen molar-refractivity contribution in [2.24, 2.45) is 5.41 Å². The first-order valence-corrected chi connectivity index (χ1v) is 5.89. The van der Waals surface area contributed by atoms with Crippen LogP contribution >= 0.6 is 0 Å². The minimum Gasteiger partial charge on any atom is -0.478 e. The Labute approximate surface area is 107 Å². The number of rotatable bonds is 5. The highest BCUT2D eigenvalue weighted by molar-refractivity contribution is 5.87. The summed E-state index contributed by atoms with van der Waals surface area (Å²) in [4.78, 5) is 10.8. The number of carboxylic acid groups (broad SMARTS) is 1. The first-order chi connectivity index (χ1) is 8.29. The fourth-order valence-electron chi connectivity index (χ4n) is 1.38. The van der Waals surface area contributed by atoms with Crippen molar-refractivity contribution in [3.05, 3.63) is 35.1 Å². The predicted octanol–water partition coefficient (Wildman–Crippen LogP) is 3.48. The van der Waals surface area contributed by atoms with Gasteiger partial charge in [0, 0.05) is 12.2 Å². The Morgan fingerprint density at radius 2 is 2.06 bits per heavy atom. The molecule has 0 aromatic heterocycles. The van der Waals surface area contributed by atoms with Gasteiger partial charge in [0.1, 0.15) is 5.82 Å². The van der Waals surface area contributed by atoms with Gasteiger partial charge in [-0.2, -0.15) is 0 Å². The van der Waals surface area contributed by atoms with Crippen LogP contribution in [0.2, 0.25) is 0 Å². The normalized spacial score (nSPS) is 11.6. The lowest BCUT2D eigenvalue weighted by molar-refractivity contribution is 0.0696. The predicted molar refractivity (Wildman–Crippen MR) is 67.1 cm³/mol. The number of aromatic carboxylic acids is 1. The van der Waals surface area contributed by atoms with Gasteiger partial charge in [0.15, 0.2) is 0 Å². The maximum absolute atomic E-state index is 13.4. The summed E-state index contributed by atoms with van der Waals surface area (Å²) < 4.78 is 18.8. The van der Waals surface area contributed by atoms with E-state index >= 15 is 0 Å². The molecule has 4 heteroatoms. The summed E-state index contributed by atoms with van der Waals surface area (Å²) >= 11 is 0. The topological polar surface area (TPSA) is 46.5 Å². The van der Waals surface area contributed by atoms with E-state index in [-0.39, 0.29) is 23.1 Å². The number of ether oxygens (including phenoxy) is 1. The molecule has 0 atom stereocenters. The molecular formula is C14H19FO3. The van der Waals surface area contributed by atoms with Crippen LogP contribution in [0.3, 0.4) is 0 Å². The molecule has 1 N–H and O–H groups in total. The summed E-state index contributed by atoms with van der Waals surface area (Å²) in [6.45, 7) is 6.93. The van der Waals surface area contributed by atoms with Crippen LogP contribution in [0.4, 0.5) is 4.39 Å². The maximum Gasteiger partial charge on any atom is 0.335 e. The number of hydrogen-bond donors (Lipinski definition) is 1. The molecule has 0 saturated heterocycles. The lowest BCUT2D eigenvalue weighted by Gasteiger charge is -2.17. The van der Waals surface area contributed by atoms with Gasteiger partial charge in [0.25, 0.3) is 0 Å². The van der Waals surface area contributed by atoms with Gasteiger partial charge in [0.05, 0.1) is 12.2 Å². The molecule has 0 aliphatic heterocycles. The summed E-state index contributed by atoms with van der Waals surface area (Å²) in [6, 6.07) is 3.72. The van der Waals surface area contributed by atoms with Gasteiger partial charge in [-0.1, -0.05) is 20.8 Å². The molecule has 0 spiro atoms.